The maximum atomic E-state index is 12.2. The minimum absolute atomic E-state index is 0.0853. The molecule has 1 N–H and O–H groups in total. The van der Waals surface area contributed by atoms with Gasteiger partial charge in [0.1, 0.15) is 16.3 Å². The van der Waals surface area contributed by atoms with Crippen molar-refractivity contribution >= 4 is 22.3 Å². The first-order chi connectivity index (χ1) is 10.6. The molecule has 0 amide bonds. The molecule has 0 radical (unpaired) electrons. The summed E-state index contributed by atoms with van der Waals surface area (Å²) < 4.78 is 5.33. The van der Waals surface area contributed by atoms with Crippen LogP contribution in [0, 0.1) is 5.92 Å². The van der Waals surface area contributed by atoms with E-state index >= 15 is 0 Å². The third-order valence-electron chi connectivity index (χ3n) is 4.14. The number of benzene rings is 1. The van der Waals surface area contributed by atoms with Crippen molar-refractivity contribution in [3.05, 3.63) is 45.3 Å². The van der Waals surface area contributed by atoms with E-state index in [0.717, 1.165) is 35.4 Å². The second-order valence-electron chi connectivity index (χ2n) is 5.91. The van der Waals surface area contributed by atoms with Gasteiger partial charge in [-0.2, -0.15) is 0 Å². The monoisotopic (exact) mass is 313 g/mol. The van der Waals surface area contributed by atoms with Gasteiger partial charge in [0.25, 0.3) is 0 Å². The number of fused-ring (bicyclic) bond motifs is 2. The molecule has 2 heterocycles. The Kier molecular flexibility index (Phi) is 3.04. The Hall–Kier alpha value is -2.14. The van der Waals surface area contributed by atoms with Crippen molar-refractivity contribution in [2.45, 2.75) is 26.2 Å². The number of aromatic hydroxyl groups is 1. The van der Waals surface area contributed by atoms with E-state index in [2.05, 4.69) is 11.9 Å². The molecule has 0 saturated heterocycles. The van der Waals surface area contributed by atoms with Crippen LogP contribution in [-0.4, -0.2) is 10.1 Å². The SMILES string of the molecule is C[C@H]1CCc2nc(-c3cc4ccc(O)cc4oc3=O)sc2C1. The van der Waals surface area contributed by atoms with Crippen molar-refractivity contribution in [1.29, 1.82) is 0 Å². The molecule has 1 aliphatic carbocycles. The largest absolute Gasteiger partial charge is 0.508 e. The van der Waals surface area contributed by atoms with Crippen molar-refractivity contribution in [3.8, 4) is 16.3 Å². The number of phenolic OH excluding ortho intramolecular Hbond substituents is 1. The highest BCUT2D eigenvalue weighted by Gasteiger charge is 2.21. The standard InChI is InChI=1S/C17H15NO3S/c1-9-2-5-13-15(6-9)22-16(18-13)12-7-10-3-4-11(19)8-14(10)21-17(12)20/h3-4,7-9,19H,2,5-6H2,1H3/t9-/m0/s1. The molecule has 1 aromatic carbocycles. The van der Waals surface area contributed by atoms with Gasteiger partial charge in [-0.25, -0.2) is 9.78 Å². The summed E-state index contributed by atoms with van der Waals surface area (Å²) in [6, 6.07) is 6.58. The molecule has 1 atom stereocenters. The average Bonchev–Trinajstić information content (AvgIpc) is 2.89. The van der Waals surface area contributed by atoms with Crippen LogP contribution in [0.15, 0.2) is 33.5 Å². The number of aryl methyl sites for hydroxylation is 1. The Morgan fingerprint density at radius 3 is 3.09 bits per heavy atom. The summed E-state index contributed by atoms with van der Waals surface area (Å²) in [7, 11) is 0. The van der Waals surface area contributed by atoms with E-state index in [-0.39, 0.29) is 5.75 Å². The van der Waals surface area contributed by atoms with Gasteiger partial charge < -0.3 is 9.52 Å². The zero-order valence-electron chi connectivity index (χ0n) is 12.1. The molecule has 4 rings (SSSR count). The molecule has 1 aliphatic rings. The van der Waals surface area contributed by atoms with Crippen LogP contribution in [0.2, 0.25) is 0 Å². The second-order valence-corrected chi connectivity index (χ2v) is 6.99. The van der Waals surface area contributed by atoms with Crippen LogP contribution < -0.4 is 5.63 Å². The lowest BCUT2D eigenvalue weighted by Crippen LogP contribution is -2.09. The number of nitrogens with zero attached hydrogens (tertiary/aromatic N) is 1. The molecular weight excluding hydrogens is 298 g/mol. The van der Waals surface area contributed by atoms with E-state index in [0.29, 0.717) is 17.1 Å². The number of thiazole rings is 1. The van der Waals surface area contributed by atoms with E-state index in [1.54, 1.807) is 29.5 Å². The van der Waals surface area contributed by atoms with Crippen LogP contribution in [-0.2, 0) is 12.8 Å². The molecule has 0 bridgehead atoms. The summed E-state index contributed by atoms with van der Waals surface area (Å²) in [6.45, 7) is 2.25. The van der Waals surface area contributed by atoms with Gasteiger partial charge in [-0.15, -0.1) is 11.3 Å². The van der Waals surface area contributed by atoms with Gasteiger partial charge in [0.15, 0.2) is 0 Å². The first kappa shape index (κ1) is 13.5. The van der Waals surface area contributed by atoms with Crippen LogP contribution in [0.1, 0.15) is 23.9 Å². The molecule has 4 nitrogen and oxygen atoms in total. The molecule has 0 aliphatic heterocycles. The van der Waals surface area contributed by atoms with Crippen molar-refractivity contribution in [3.63, 3.8) is 0 Å². The van der Waals surface area contributed by atoms with E-state index in [1.165, 1.54) is 10.9 Å². The summed E-state index contributed by atoms with van der Waals surface area (Å²) in [6.07, 6.45) is 3.18. The second kappa shape index (κ2) is 4.95. The fourth-order valence-corrected chi connectivity index (χ4v) is 4.18. The average molecular weight is 313 g/mol. The molecule has 5 heteroatoms. The molecule has 0 saturated carbocycles. The Morgan fingerprint density at radius 2 is 2.23 bits per heavy atom. The zero-order valence-corrected chi connectivity index (χ0v) is 12.9. The summed E-state index contributed by atoms with van der Waals surface area (Å²) in [5.41, 5.74) is 1.62. The topological polar surface area (TPSA) is 63.3 Å². The van der Waals surface area contributed by atoms with E-state index in [4.69, 9.17) is 4.42 Å². The lowest BCUT2D eigenvalue weighted by molar-refractivity contribution is 0.473. The Morgan fingerprint density at radius 1 is 1.36 bits per heavy atom. The summed E-state index contributed by atoms with van der Waals surface area (Å²) >= 11 is 1.60. The smallest absolute Gasteiger partial charge is 0.346 e. The summed E-state index contributed by atoms with van der Waals surface area (Å²) in [4.78, 5) is 18.2. The van der Waals surface area contributed by atoms with Crippen molar-refractivity contribution in [2.24, 2.45) is 5.92 Å². The number of hydrogen-bond donors (Lipinski definition) is 1. The molecule has 0 spiro atoms. The lowest BCUT2D eigenvalue weighted by atomic mass is 9.93. The van der Waals surface area contributed by atoms with Gasteiger partial charge in [-0.3, -0.25) is 0 Å². The van der Waals surface area contributed by atoms with Gasteiger partial charge in [-0.05, 0) is 43.4 Å². The van der Waals surface area contributed by atoms with E-state index in [9.17, 15) is 9.90 Å². The minimum Gasteiger partial charge on any atom is -0.508 e. The molecule has 3 aromatic rings. The van der Waals surface area contributed by atoms with Crippen LogP contribution >= 0.6 is 11.3 Å². The van der Waals surface area contributed by atoms with Crippen molar-refractivity contribution < 1.29 is 9.52 Å². The van der Waals surface area contributed by atoms with Crippen LogP contribution in [0.5, 0.6) is 5.75 Å². The summed E-state index contributed by atoms with van der Waals surface area (Å²) in [5.74, 6) is 0.763. The number of aromatic nitrogens is 1. The van der Waals surface area contributed by atoms with Gasteiger partial charge >= 0.3 is 5.63 Å². The van der Waals surface area contributed by atoms with Crippen LogP contribution in [0.3, 0.4) is 0 Å². The third-order valence-corrected chi connectivity index (χ3v) is 5.29. The number of hydrogen-bond acceptors (Lipinski definition) is 5. The van der Waals surface area contributed by atoms with E-state index in [1.807, 2.05) is 0 Å². The van der Waals surface area contributed by atoms with Gasteiger partial charge in [0.2, 0.25) is 0 Å². The maximum absolute atomic E-state index is 12.2. The molecule has 0 unspecified atom stereocenters. The highest BCUT2D eigenvalue weighted by atomic mass is 32.1. The quantitative estimate of drug-likeness (QED) is 0.695. The van der Waals surface area contributed by atoms with E-state index < -0.39 is 5.63 Å². The number of phenols is 1. The third kappa shape index (κ3) is 2.22. The predicted molar refractivity (Wildman–Crippen MR) is 86.4 cm³/mol. The predicted octanol–water partition coefficient (Wildman–Crippen LogP) is 3.75. The number of rotatable bonds is 1. The summed E-state index contributed by atoms with van der Waals surface area (Å²) in [5, 5.41) is 11.0. The minimum atomic E-state index is -0.405. The molecular formula is C17H15NO3S. The zero-order chi connectivity index (χ0) is 15.3. The molecule has 2 aromatic heterocycles. The normalized spacial score (nSPS) is 17.6. The fourth-order valence-electron chi connectivity index (χ4n) is 2.90. The van der Waals surface area contributed by atoms with Gasteiger partial charge in [0.05, 0.1) is 11.3 Å². The highest BCUT2D eigenvalue weighted by molar-refractivity contribution is 7.15. The fraction of sp³-hybridized carbons (Fsp3) is 0.294. The maximum Gasteiger partial charge on any atom is 0.346 e. The lowest BCUT2D eigenvalue weighted by Gasteiger charge is -2.15. The van der Waals surface area contributed by atoms with Crippen molar-refractivity contribution in [1.82, 2.24) is 4.98 Å². The molecule has 22 heavy (non-hydrogen) atoms. The molecule has 0 fully saturated rings. The van der Waals surface area contributed by atoms with Crippen LogP contribution in [0.4, 0.5) is 0 Å². The Labute approximate surface area is 131 Å². The highest BCUT2D eigenvalue weighted by Crippen LogP contribution is 2.34. The first-order valence-electron chi connectivity index (χ1n) is 7.36. The van der Waals surface area contributed by atoms with Crippen LogP contribution in [0.25, 0.3) is 21.5 Å². The van der Waals surface area contributed by atoms with Gasteiger partial charge in [0, 0.05) is 16.3 Å². The van der Waals surface area contributed by atoms with Crippen molar-refractivity contribution in [2.75, 3.05) is 0 Å². The first-order valence-corrected chi connectivity index (χ1v) is 8.17. The Balaban J connectivity index is 1.86. The molecule has 112 valence electrons. The van der Waals surface area contributed by atoms with Gasteiger partial charge in [-0.1, -0.05) is 6.92 Å². The Bertz CT molecular complexity index is 925.